The Morgan fingerprint density at radius 2 is 2.35 bits per heavy atom. The number of thiophene rings is 1. The van der Waals surface area contributed by atoms with Crippen LogP contribution in [0, 0.1) is 5.41 Å². The SMILES string of the molecule is CCOC(=O)[C@]1(C)CCc2c(sc3ncnc(Cl)c23)C1. The van der Waals surface area contributed by atoms with Gasteiger partial charge in [-0.1, -0.05) is 11.6 Å². The van der Waals surface area contributed by atoms with Gasteiger partial charge in [0.25, 0.3) is 0 Å². The third-order valence-electron chi connectivity index (χ3n) is 3.87. The van der Waals surface area contributed by atoms with Crippen molar-refractivity contribution in [2.24, 2.45) is 5.41 Å². The molecule has 1 aliphatic carbocycles. The van der Waals surface area contributed by atoms with E-state index >= 15 is 0 Å². The van der Waals surface area contributed by atoms with Crippen LogP contribution in [0.5, 0.6) is 0 Å². The maximum absolute atomic E-state index is 12.1. The zero-order valence-electron chi connectivity index (χ0n) is 11.4. The Bertz CT molecular complexity index is 685. The van der Waals surface area contributed by atoms with Crippen LogP contribution in [0.25, 0.3) is 10.2 Å². The molecule has 0 bridgehead atoms. The van der Waals surface area contributed by atoms with Gasteiger partial charge in [0, 0.05) is 4.88 Å². The highest BCUT2D eigenvalue weighted by molar-refractivity contribution is 7.19. The molecule has 0 saturated heterocycles. The number of fused-ring (bicyclic) bond motifs is 3. The molecule has 20 heavy (non-hydrogen) atoms. The number of halogens is 1. The smallest absolute Gasteiger partial charge is 0.312 e. The summed E-state index contributed by atoms with van der Waals surface area (Å²) in [5.41, 5.74) is 0.765. The van der Waals surface area contributed by atoms with Crippen LogP contribution < -0.4 is 0 Å². The van der Waals surface area contributed by atoms with Crippen molar-refractivity contribution in [3.05, 3.63) is 21.9 Å². The minimum Gasteiger partial charge on any atom is -0.466 e. The molecule has 4 nitrogen and oxygen atoms in total. The van der Waals surface area contributed by atoms with E-state index in [0.29, 0.717) is 18.2 Å². The number of ether oxygens (including phenoxy) is 1. The summed E-state index contributed by atoms with van der Waals surface area (Å²) in [6.45, 7) is 4.24. The molecule has 0 N–H and O–H groups in total. The average Bonchev–Trinajstić information content (AvgIpc) is 2.77. The highest BCUT2D eigenvalue weighted by atomic mass is 35.5. The monoisotopic (exact) mass is 310 g/mol. The van der Waals surface area contributed by atoms with Crippen molar-refractivity contribution in [1.29, 1.82) is 0 Å². The summed E-state index contributed by atoms with van der Waals surface area (Å²) >= 11 is 7.79. The van der Waals surface area contributed by atoms with Gasteiger partial charge in [-0.2, -0.15) is 0 Å². The molecule has 0 radical (unpaired) electrons. The maximum atomic E-state index is 12.1. The highest BCUT2D eigenvalue weighted by Gasteiger charge is 2.40. The summed E-state index contributed by atoms with van der Waals surface area (Å²) in [7, 11) is 0. The molecule has 0 fully saturated rings. The van der Waals surface area contributed by atoms with E-state index in [0.717, 1.165) is 23.1 Å². The zero-order valence-corrected chi connectivity index (χ0v) is 13.0. The number of nitrogens with zero attached hydrogens (tertiary/aromatic N) is 2. The Kier molecular flexibility index (Phi) is 3.42. The summed E-state index contributed by atoms with van der Waals surface area (Å²) in [4.78, 5) is 22.6. The first-order chi connectivity index (χ1) is 9.55. The van der Waals surface area contributed by atoms with Crippen LogP contribution in [-0.2, 0) is 22.4 Å². The van der Waals surface area contributed by atoms with Crippen LogP contribution in [-0.4, -0.2) is 22.5 Å². The summed E-state index contributed by atoms with van der Waals surface area (Å²) in [5, 5.41) is 1.47. The van der Waals surface area contributed by atoms with Gasteiger partial charge in [0.1, 0.15) is 16.3 Å². The minimum absolute atomic E-state index is 0.111. The number of aryl methyl sites for hydroxylation is 1. The minimum atomic E-state index is -0.441. The second-order valence-corrected chi connectivity index (χ2v) is 6.75. The first-order valence-electron chi connectivity index (χ1n) is 6.63. The molecule has 106 valence electrons. The van der Waals surface area contributed by atoms with Crippen molar-refractivity contribution in [1.82, 2.24) is 9.97 Å². The van der Waals surface area contributed by atoms with Gasteiger partial charge in [0.2, 0.25) is 0 Å². The fourth-order valence-electron chi connectivity index (χ4n) is 2.73. The lowest BCUT2D eigenvalue weighted by atomic mass is 9.75. The van der Waals surface area contributed by atoms with Crippen LogP contribution in [0.1, 0.15) is 30.7 Å². The molecule has 0 spiro atoms. The Hall–Kier alpha value is -1.20. The molecule has 2 aromatic rings. The molecule has 1 atom stereocenters. The molecule has 2 heterocycles. The van der Waals surface area contributed by atoms with Gasteiger partial charge < -0.3 is 4.74 Å². The predicted molar refractivity (Wildman–Crippen MR) is 79.2 cm³/mol. The van der Waals surface area contributed by atoms with Gasteiger partial charge in [-0.25, -0.2) is 9.97 Å². The Labute approximate surface area is 126 Å². The lowest BCUT2D eigenvalue weighted by Gasteiger charge is -2.31. The Morgan fingerprint density at radius 1 is 1.55 bits per heavy atom. The molecule has 0 aromatic carbocycles. The Morgan fingerprint density at radius 3 is 3.10 bits per heavy atom. The van der Waals surface area contributed by atoms with Gasteiger partial charge in [-0.05, 0) is 38.7 Å². The van der Waals surface area contributed by atoms with E-state index in [-0.39, 0.29) is 5.97 Å². The summed E-state index contributed by atoms with van der Waals surface area (Å²) in [6.07, 6.45) is 3.77. The first-order valence-corrected chi connectivity index (χ1v) is 7.82. The fourth-order valence-corrected chi connectivity index (χ4v) is 4.40. The molecule has 6 heteroatoms. The standard InChI is InChI=1S/C14H15ClN2O2S/c1-3-19-13(18)14(2)5-4-8-9(6-14)20-12-10(8)11(15)16-7-17-12/h7H,3-6H2,1-2H3/t14-/m1/s1. The number of hydrogen-bond donors (Lipinski definition) is 0. The number of carbonyl (C=O) groups excluding carboxylic acids is 1. The molecule has 2 aromatic heterocycles. The van der Waals surface area contributed by atoms with Gasteiger partial charge in [0.05, 0.1) is 17.4 Å². The van der Waals surface area contributed by atoms with Crippen LogP contribution >= 0.6 is 22.9 Å². The second kappa shape index (κ2) is 4.97. The van der Waals surface area contributed by atoms with E-state index < -0.39 is 5.41 Å². The zero-order chi connectivity index (χ0) is 14.3. The molecule has 0 amide bonds. The van der Waals surface area contributed by atoms with Crippen molar-refractivity contribution >= 4 is 39.1 Å². The second-order valence-electron chi connectivity index (χ2n) is 5.31. The fraction of sp³-hybridized carbons (Fsp3) is 0.500. The van der Waals surface area contributed by atoms with E-state index in [4.69, 9.17) is 16.3 Å². The molecule has 0 aliphatic heterocycles. The Balaban J connectivity index is 2.02. The van der Waals surface area contributed by atoms with Gasteiger partial charge >= 0.3 is 5.97 Å². The van der Waals surface area contributed by atoms with Gasteiger partial charge in [0.15, 0.2) is 0 Å². The van der Waals surface area contributed by atoms with Crippen molar-refractivity contribution in [3.8, 4) is 0 Å². The van der Waals surface area contributed by atoms with Crippen molar-refractivity contribution in [2.45, 2.75) is 33.1 Å². The predicted octanol–water partition coefficient (Wildman–Crippen LogP) is 3.40. The maximum Gasteiger partial charge on any atom is 0.312 e. The quantitative estimate of drug-likeness (QED) is 0.630. The third kappa shape index (κ3) is 2.09. The van der Waals surface area contributed by atoms with E-state index in [1.165, 1.54) is 16.8 Å². The van der Waals surface area contributed by atoms with Crippen molar-refractivity contribution < 1.29 is 9.53 Å². The average molecular weight is 311 g/mol. The van der Waals surface area contributed by atoms with Crippen molar-refractivity contribution in [2.75, 3.05) is 6.61 Å². The van der Waals surface area contributed by atoms with Crippen LogP contribution in [0.4, 0.5) is 0 Å². The molecule has 1 aliphatic rings. The first kappa shape index (κ1) is 13.8. The van der Waals surface area contributed by atoms with E-state index in [1.807, 2.05) is 13.8 Å². The van der Waals surface area contributed by atoms with Gasteiger partial charge in [-0.3, -0.25) is 4.79 Å². The highest BCUT2D eigenvalue weighted by Crippen LogP contribution is 2.44. The molecular weight excluding hydrogens is 296 g/mol. The summed E-state index contributed by atoms with van der Waals surface area (Å²) in [5.74, 6) is -0.111. The molecule has 0 unspecified atom stereocenters. The number of esters is 1. The molecule has 3 rings (SSSR count). The molecular formula is C14H15ClN2O2S. The normalized spacial score (nSPS) is 21.8. The number of hydrogen-bond acceptors (Lipinski definition) is 5. The lowest BCUT2D eigenvalue weighted by Crippen LogP contribution is -2.35. The lowest BCUT2D eigenvalue weighted by molar-refractivity contribution is -0.155. The summed E-state index contributed by atoms with van der Waals surface area (Å²) < 4.78 is 5.21. The van der Waals surface area contributed by atoms with Crippen LogP contribution in [0.3, 0.4) is 0 Å². The number of aromatic nitrogens is 2. The topological polar surface area (TPSA) is 52.1 Å². The molecule has 0 saturated carbocycles. The summed E-state index contributed by atoms with van der Waals surface area (Å²) in [6, 6.07) is 0. The van der Waals surface area contributed by atoms with Crippen molar-refractivity contribution in [3.63, 3.8) is 0 Å². The van der Waals surface area contributed by atoms with Crippen LogP contribution in [0.2, 0.25) is 5.15 Å². The van der Waals surface area contributed by atoms with E-state index in [2.05, 4.69) is 9.97 Å². The van der Waals surface area contributed by atoms with E-state index in [9.17, 15) is 4.79 Å². The largest absolute Gasteiger partial charge is 0.466 e. The van der Waals surface area contributed by atoms with Crippen LogP contribution in [0.15, 0.2) is 6.33 Å². The number of rotatable bonds is 2. The van der Waals surface area contributed by atoms with Gasteiger partial charge in [-0.15, -0.1) is 11.3 Å². The third-order valence-corrected chi connectivity index (χ3v) is 5.30. The van der Waals surface area contributed by atoms with E-state index in [1.54, 1.807) is 11.3 Å². The number of carbonyl (C=O) groups is 1.